The lowest BCUT2D eigenvalue weighted by Crippen LogP contribution is -2.14. The summed E-state index contributed by atoms with van der Waals surface area (Å²) in [5.41, 5.74) is 1.92. The van der Waals surface area contributed by atoms with E-state index in [1.165, 1.54) is 11.6 Å². The first kappa shape index (κ1) is 15.7. The number of hydrogen-bond acceptors (Lipinski definition) is 1. The number of amides is 1. The number of carbonyl (C=O) groups is 1. The van der Waals surface area contributed by atoms with E-state index in [0.29, 0.717) is 10.2 Å². The quantitative estimate of drug-likeness (QED) is 0.791. The molecule has 0 unspecified atom stereocenters. The Morgan fingerprint density at radius 2 is 1.90 bits per heavy atom. The molecular weight excluding hydrogens is 333 g/mol. The number of hydrogen-bond donors (Lipinski definition) is 1. The van der Waals surface area contributed by atoms with Crippen LogP contribution in [0.4, 0.5) is 10.1 Å². The fourth-order valence-electron chi connectivity index (χ4n) is 2.04. The van der Waals surface area contributed by atoms with Gasteiger partial charge in [-0.25, -0.2) is 4.39 Å². The van der Waals surface area contributed by atoms with Gasteiger partial charge in [-0.1, -0.05) is 31.5 Å². The zero-order valence-electron chi connectivity index (χ0n) is 11.8. The highest BCUT2D eigenvalue weighted by Crippen LogP contribution is 2.21. The Kier molecular flexibility index (Phi) is 5.51. The largest absolute Gasteiger partial charge is 0.322 e. The van der Waals surface area contributed by atoms with Crippen LogP contribution in [-0.4, -0.2) is 5.91 Å². The highest BCUT2D eigenvalue weighted by Gasteiger charge is 2.15. The number of aryl methyl sites for hydroxylation is 1. The minimum Gasteiger partial charge on any atom is -0.322 e. The number of carbonyl (C=O) groups excluding carboxylic acids is 1. The monoisotopic (exact) mass is 349 g/mol. The minimum absolute atomic E-state index is 0.0209. The third-order valence-corrected chi connectivity index (χ3v) is 3.88. The highest BCUT2D eigenvalue weighted by molar-refractivity contribution is 9.10. The molecule has 0 atom stereocenters. The number of benzene rings is 2. The molecule has 2 nitrogen and oxygen atoms in total. The molecule has 0 aliphatic carbocycles. The van der Waals surface area contributed by atoms with Gasteiger partial charge in [-0.2, -0.15) is 0 Å². The van der Waals surface area contributed by atoms with E-state index in [2.05, 4.69) is 28.2 Å². The van der Waals surface area contributed by atoms with Crippen LogP contribution in [0.15, 0.2) is 46.9 Å². The molecule has 1 N–H and O–H groups in total. The number of rotatable bonds is 5. The summed E-state index contributed by atoms with van der Waals surface area (Å²) in [6.45, 7) is 2.15. The molecule has 2 aromatic rings. The molecule has 0 aliphatic rings. The zero-order chi connectivity index (χ0) is 15.2. The summed E-state index contributed by atoms with van der Waals surface area (Å²) in [4.78, 5) is 12.1. The first-order valence-electron chi connectivity index (χ1n) is 6.96. The van der Waals surface area contributed by atoms with Crippen molar-refractivity contribution in [3.63, 3.8) is 0 Å². The van der Waals surface area contributed by atoms with Crippen molar-refractivity contribution < 1.29 is 9.18 Å². The third-order valence-electron chi connectivity index (χ3n) is 3.22. The molecule has 0 bridgehead atoms. The Balaban J connectivity index is 2.09. The average Bonchev–Trinajstić information content (AvgIpc) is 2.46. The van der Waals surface area contributed by atoms with Gasteiger partial charge in [0, 0.05) is 10.2 Å². The van der Waals surface area contributed by atoms with Gasteiger partial charge < -0.3 is 5.32 Å². The zero-order valence-corrected chi connectivity index (χ0v) is 13.4. The lowest BCUT2D eigenvalue weighted by atomic mass is 10.1. The summed E-state index contributed by atoms with van der Waals surface area (Å²) in [7, 11) is 0. The predicted octanol–water partition coefficient (Wildman–Crippen LogP) is 5.18. The van der Waals surface area contributed by atoms with Crippen molar-refractivity contribution in [2.75, 3.05) is 5.32 Å². The van der Waals surface area contributed by atoms with Crippen molar-refractivity contribution in [2.24, 2.45) is 0 Å². The maximum Gasteiger partial charge on any atom is 0.259 e. The molecule has 1 amide bonds. The van der Waals surface area contributed by atoms with Gasteiger partial charge in [-0.3, -0.25) is 4.79 Å². The Bertz CT molecular complexity index is 605. The van der Waals surface area contributed by atoms with Gasteiger partial charge in [-0.05, 0) is 58.6 Å². The summed E-state index contributed by atoms with van der Waals surface area (Å²) in [5.74, 6) is -0.997. The van der Waals surface area contributed by atoms with E-state index in [1.807, 2.05) is 24.3 Å². The van der Waals surface area contributed by atoms with Gasteiger partial charge in [0.25, 0.3) is 5.91 Å². The van der Waals surface area contributed by atoms with E-state index in [4.69, 9.17) is 0 Å². The Hall–Kier alpha value is -1.68. The maximum atomic E-state index is 13.7. The molecule has 2 aromatic carbocycles. The molecule has 0 aliphatic heterocycles. The maximum absolute atomic E-state index is 13.7. The lowest BCUT2D eigenvalue weighted by Gasteiger charge is -2.08. The van der Waals surface area contributed by atoms with Crippen LogP contribution in [0.5, 0.6) is 0 Å². The summed E-state index contributed by atoms with van der Waals surface area (Å²) in [6, 6.07) is 12.1. The van der Waals surface area contributed by atoms with E-state index >= 15 is 0 Å². The van der Waals surface area contributed by atoms with E-state index in [-0.39, 0.29) is 5.56 Å². The Morgan fingerprint density at radius 3 is 2.52 bits per heavy atom. The third kappa shape index (κ3) is 4.14. The SMILES string of the molecule is CCCCc1ccc(NC(=O)c2c(F)cccc2Br)cc1. The van der Waals surface area contributed by atoms with E-state index < -0.39 is 11.7 Å². The van der Waals surface area contributed by atoms with Crippen molar-refractivity contribution in [1.29, 1.82) is 0 Å². The first-order chi connectivity index (χ1) is 10.1. The van der Waals surface area contributed by atoms with Crippen molar-refractivity contribution in [3.05, 3.63) is 63.9 Å². The molecule has 110 valence electrons. The summed E-state index contributed by atoms with van der Waals surface area (Å²) in [6.07, 6.45) is 3.33. The van der Waals surface area contributed by atoms with E-state index in [1.54, 1.807) is 12.1 Å². The van der Waals surface area contributed by atoms with Crippen LogP contribution in [0, 0.1) is 5.82 Å². The topological polar surface area (TPSA) is 29.1 Å². The molecule has 0 saturated carbocycles. The van der Waals surface area contributed by atoms with Crippen LogP contribution < -0.4 is 5.32 Å². The Labute approximate surface area is 132 Å². The van der Waals surface area contributed by atoms with Crippen LogP contribution in [-0.2, 0) is 6.42 Å². The van der Waals surface area contributed by atoms with Crippen LogP contribution in [0.3, 0.4) is 0 Å². The molecule has 0 saturated heterocycles. The van der Waals surface area contributed by atoms with Gasteiger partial charge in [0.2, 0.25) is 0 Å². The first-order valence-corrected chi connectivity index (χ1v) is 7.75. The van der Waals surface area contributed by atoms with E-state index in [0.717, 1.165) is 19.3 Å². The summed E-state index contributed by atoms with van der Waals surface area (Å²) < 4.78 is 14.2. The fourth-order valence-corrected chi connectivity index (χ4v) is 2.57. The van der Waals surface area contributed by atoms with Gasteiger partial charge in [0.05, 0.1) is 5.56 Å². The standard InChI is InChI=1S/C17H17BrFNO/c1-2-3-5-12-8-10-13(11-9-12)20-17(21)16-14(18)6-4-7-15(16)19/h4,6-11H,2-3,5H2,1H3,(H,20,21). The normalized spacial score (nSPS) is 10.4. The average molecular weight is 350 g/mol. The number of halogens is 2. The van der Waals surface area contributed by atoms with Gasteiger partial charge >= 0.3 is 0 Å². The molecule has 2 rings (SSSR count). The van der Waals surface area contributed by atoms with Crippen molar-refractivity contribution in [3.8, 4) is 0 Å². The smallest absolute Gasteiger partial charge is 0.259 e. The number of anilines is 1. The van der Waals surface area contributed by atoms with Gasteiger partial charge in [-0.15, -0.1) is 0 Å². The van der Waals surface area contributed by atoms with Crippen LogP contribution in [0.1, 0.15) is 35.7 Å². The van der Waals surface area contributed by atoms with Crippen molar-refractivity contribution in [1.82, 2.24) is 0 Å². The number of unbranched alkanes of at least 4 members (excludes halogenated alkanes) is 1. The predicted molar refractivity (Wildman–Crippen MR) is 87.1 cm³/mol. The molecule has 0 heterocycles. The molecule has 0 fully saturated rings. The summed E-state index contributed by atoms with van der Waals surface area (Å²) >= 11 is 3.20. The second-order valence-corrected chi connectivity index (χ2v) is 5.71. The van der Waals surface area contributed by atoms with Gasteiger partial charge in [0.1, 0.15) is 5.82 Å². The number of nitrogens with one attached hydrogen (secondary N) is 1. The van der Waals surface area contributed by atoms with Crippen LogP contribution in [0.25, 0.3) is 0 Å². The van der Waals surface area contributed by atoms with Crippen molar-refractivity contribution in [2.45, 2.75) is 26.2 Å². The van der Waals surface area contributed by atoms with Crippen LogP contribution in [0.2, 0.25) is 0 Å². The molecular formula is C17H17BrFNO. The molecule has 21 heavy (non-hydrogen) atoms. The second kappa shape index (κ2) is 7.36. The highest BCUT2D eigenvalue weighted by atomic mass is 79.9. The van der Waals surface area contributed by atoms with Crippen LogP contribution >= 0.6 is 15.9 Å². The Morgan fingerprint density at radius 1 is 1.19 bits per heavy atom. The lowest BCUT2D eigenvalue weighted by molar-refractivity contribution is 0.102. The van der Waals surface area contributed by atoms with E-state index in [9.17, 15) is 9.18 Å². The minimum atomic E-state index is -0.540. The van der Waals surface area contributed by atoms with Gasteiger partial charge in [0.15, 0.2) is 0 Å². The second-order valence-electron chi connectivity index (χ2n) is 4.85. The van der Waals surface area contributed by atoms with Crippen molar-refractivity contribution >= 4 is 27.5 Å². The summed E-state index contributed by atoms with van der Waals surface area (Å²) in [5, 5.41) is 2.71. The molecule has 4 heteroatoms. The molecule has 0 aromatic heterocycles. The fraction of sp³-hybridized carbons (Fsp3) is 0.235. The molecule has 0 radical (unpaired) electrons. The molecule has 0 spiro atoms.